The Bertz CT molecular complexity index is 1210. The second kappa shape index (κ2) is 7.67. The van der Waals surface area contributed by atoms with Gasteiger partial charge in [0.25, 0.3) is 0 Å². The number of rotatable bonds is 4. The molecule has 4 rings (SSSR count). The van der Waals surface area contributed by atoms with Crippen molar-refractivity contribution in [3.8, 4) is 11.8 Å². The second-order valence-corrected chi connectivity index (χ2v) is 8.99. The summed E-state index contributed by atoms with van der Waals surface area (Å²) in [5.74, 6) is 0. The number of aromatic nitrogens is 2. The second-order valence-electron chi connectivity index (χ2n) is 6.67. The number of nitrogens with zero attached hydrogens (tertiary/aromatic N) is 3. The Kier molecular flexibility index (Phi) is 5.08. The van der Waals surface area contributed by atoms with Crippen LogP contribution in [-0.4, -0.2) is 9.55 Å². The molecule has 0 N–H and O–H groups in total. The van der Waals surface area contributed by atoms with Crippen molar-refractivity contribution in [2.45, 2.75) is 25.1 Å². The van der Waals surface area contributed by atoms with Gasteiger partial charge in [0.2, 0.25) is 0 Å². The van der Waals surface area contributed by atoms with Crippen molar-refractivity contribution in [3.05, 3.63) is 82.0 Å². The first-order valence-electron chi connectivity index (χ1n) is 8.96. The van der Waals surface area contributed by atoms with Crippen LogP contribution in [0, 0.1) is 32.1 Å². The van der Waals surface area contributed by atoms with E-state index in [-0.39, 0.29) is 0 Å². The summed E-state index contributed by atoms with van der Waals surface area (Å²) in [6.45, 7) is 6.29. The lowest BCUT2D eigenvalue weighted by molar-refractivity contribution is 0.962. The summed E-state index contributed by atoms with van der Waals surface area (Å²) in [4.78, 5) is 5.27. The average molecular weight is 402 g/mol. The third-order valence-electron chi connectivity index (χ3n) is 4.60. The molecule has 3 nitrogen and oxygen atoms in total. The summed E-state index contributed by atoms with van der Waals surface area (Å²) >= 11 is 3.05. The zero-order chi connectivity index (χ0) is 19.7. The van der Waals surface area contributed by atoms with Crippen LogP contribution in [0.1, 0.15) is 22.5 Å². The van der Waals surface area contributed by atoms with Gasteiger partial charge in [0.15, 0.2) is 4.34 Å². The lowest BCUT2D eigenvalue weighted by atomic mass is 10.2. The predicted molar refractivity (Wildman–Crippen MR) is 119 cm³/mol. The van der Waals surface area contributed by atoms with Crippen LogP contribution >= 0.6 is 23.1 Å². The first-order valence-corrected chi connectivity index (χ1v) is 10.6. The monoisotopic (exact) mass is 401 g/mol. The van der Waals surface area contributed by atoms with Crippen molar-refractivity contribution in [2.75, 3.05) is 0 Å². The average Bonchev–Trinajstić information content (AvgIpc) is 3.21. The van der Waals surface area contributed by atoms with E-state index in [2.05, 4.69) is 72.8 Å². The minimum atomic E-state index is 0.642. The maximum atomic E-state index is 9.67. The summed E-state index contributed by atoms with van der Waals surface area (Å²) in [6.07, 6.45) is 1.96. The molecule has 2 heterocycles. The summed E-state index contributed by atoms with van der Waals surface area (Å²) < 4.78 is 4.26. The molecule has 2 aromatic heterocycles. The third kappa shape index (κ3) is 3.62. The maximum Gasteiger partial charge on any atom is 0.156 e. The molecule has 0 radical (unpaired) electrons. The van der Waals surface area contributed by atoms with Crippen LogP contribution in [0.2, 0.25) is 0 Å². The number of nitriles is 1. The number of thiazole rings is 1. The van der Waals surface area contributed by atoms with Gasteiger partial charge < -0.3 is 4.57 Å². The normalized spacial score (nSPS) is 11.7. The Morgan fingerprint density at radius 2 is 1.93 bits per heavy atom. The Labute approximate surface area is 173 Å². The van der Waals surface area contributed by atoms with Gasteiger partial charge in [-0.05, 0) is 80.1 Å². The fraction of sp³-hybridized carbons (Fsp3) is 0.130. The van der Waals surface area contributed by atoms with E-state index in [1.54, 1.807) is 11.3 Å². The summed E-state index contributed by atoms with van der Waals surface area (Å²) in [5.41, 5.74) is 6.68. The maximum absolute atomic E-state index is 9.67. The molecule has 0 saturated carbocycles. The molecule has 28 heavy (non-hydrogen) atoms. The SMILES string of the molecule is Cc1cccc(-n2c(C)cc(C=C(C#N)Sc3nc4ccccc4s3)c2C)c1. The summed E-state index contributed by atoms with van der Waals surface area (Å²) in [7, 11) is 0. The zero-order valence-corrected chi connectivity index (χ0v) is 17.6. The topological polar surface area (TPSA) is 41.6 Å². The Hall–Kier alpha value is -2.81. The molecular formula is C23H19N3S2. The first-order chi connectivity index (χ1) is 13.5. The molecule has 0 aliphatic rings. The third-order valence-corrected chi connectivity index (χ3v) is 6.62. The van der Waals surface area contributed by atoms with E-state index in [1.165, 1.54) is 17.3 Å². The van der Waals surface area contributed by atoms with Gasteiger partial charge in [0.1, 0.15) is 6.07 Å². The van der Waals surface area contributed by atoms with E-state index < -0.39 is 0 Å². The highest BCUT2D eigenvalue weighted by molar-refractivity contribution is 8.05. The van der Waals surface area contributed by atoms with Crippen LogP contribution in [-0.2, 0) is 0 Å². The van der Waals surface area contributed by atoms with Gasteiger partial charge in [-0.3, -0.25) is 0 Å². The fourth-order valence-electron chi connectivity index (χ4n) is 3.31. The molecule has 2 aromatic carbocycles. The van der Waals surface area contributed by atoms with Crippen molar-refractivity contribution in [1.29, 1.82) is 5.26 Å². The fourth-order valence-corrected chi connectivity index (χ4v) is 5.28. The Morgan fingerprint density at radius 3 is 2.68 bits per heavy atom. The van der Waals surface area contributed by atoms with E-state index >= 15 is 0 Å². The quantitative estimate of drug-likeness (QED) is 0.283. The molecule has 0 unspecified atom stereocenters. The minimum Gasteiger partial charge on any atom is -0.318 e. The molecule has 0 amide bonds. The van der Waals surface area contributed by atoms with Crippen molar-refractivity contribution in [1.82, 2.24) is 9.55 Å². The molecule has 4 aromatic rings. The number of thioether (sulfide) groups is 1. The van der Waals surface area contributed by atoms with Gasteiger partial charge in [-0.15, -0.1) is 11.3 Å². The zero-order valence-electron chi connectivity index (χ0n) is 15.9. The Balaban J connectivity index is 1.69. The number of aryl methyl sites for hydroxylation is 2. The number of benzene rings is 2. The smallest absolute Gasteiger partial charge is 0.156 e. The van der Waals surface area contributed by atoms with Gasteiger partial charge in [0, 0.05) is 17.1 Å². The largest absolute Gasteiger partial charge is 0.318 e. The lowest BCUT2D eigenvalue weighted by Gasteiger charge is -2.10. The molecule has 0 aliphatic carbocycles. The molecule has 0 atom stereocenters. The van der Waals surface area contributed by atoms with Gasteiger partial charge in [-0.25, -0.2) is 4.98 Å². The van der Waals surface area contributed by atoms with Crippen molar-refractivity contribution in [2.24, 2.45) is 0 Å². The summed E-state index contributed by atoms with van der Waals surface area (Å²) in [5, 5.41) is 9.67. The molecule has 0 bridgehead atoms. The van der Waals surface area contributed by atoms with E-state index in [9.17, 15) is 5.26 Å². The van der Waals surface area contributed by atoms with Gasteiger partial charge >= 0.3 is 0 Å². The molecule has 0 aliphatic heterocycles. The lowest BCUT2D eigenvalue weighted by Crippen LogP contribution is -1.99. The first kappa shape index (κ1) is 18.5. The number of para-hydroxylation sites is 1. The molecule has 0 fully saturated rings. The van der Waals surface area contributed by atoms with Gasteiger partial charge in [0.05, 0.1) is 15.1 Å². The number of hydrogen-bond acceptors (Lipinski definition) is 4. The van der Waals surface area contributed by atoms with Crippen LogP contribution in [0.5, 0.6) is 0 Å². The van der Waals surface area contributed by atoms with Gasteiger partial charge in [-0.1, -0.05) is 24.3 Å². The van der Waals surface area contributed by atoms with E-state index in [4.69, 9.17) is 0 Å². The van der Waals surface area contributed by atoms with Crippen LogP contribution in [0.4, 0.5) is 0 Å². The van der Waals surface area contributed by atoms with E-state index in [1.807, 2.05) is 24.3 Å². The molecule has 0 spiro atoms. The molecular weight excluding hydrogens is 382 g/mol. The highest BCUT2D eigenvalue weighted by Gasteiger charge is 2.12. The van der Waals surface area contributed by atoms with Crippen molar-refractivity contribution in [3.63, 3.8) is 0 Å². The van der Waals surface area contributed by atoms with E-state index in [0.29, 0.717) is 4.91 Å². The number of allylic oxidation sites excluding steroid dienone is 1. The van der Waals surface area contributed by atoms with Crippen LogP contribution in [0.25, 0.3) is 22.0 Å². The highest BCUT2D eigenvalue weighted by Crippen LogP contribution is 2.35. The van der Waals surface area contributed by atoms with Crippen LogP contribution in [0.15, 0.2) is 63.8 Å². The van der Waals surface area contributed by atoms with E-state index in [0.717, 1.165) is 37.2 Å². The predicted octanol–water partition coefficient (Wildman–Crippen LogP) is 6.67. The highest BCUT2D eigenvalue weighted by atomic mass is 32.2. The van der Waals surface area contributed by atoms with Crippen molar-refractivity contribution < 1.29 is 0 Å². The molecule has 0 saturated heterocycles. The van der Waals surface area contributed by atoms with Crippen molar-refractivity contribution >= 4 is 39.4 Å². The van der Waals surface area contributed by atoms with Gasteiger partial charge in [-0.2, -0.15) is 5.26 Å². The minimum absolute atomic E-state index is 0.642. The van der Waals surface area contributed by atoms with Crippen LogP contribution in [0.3, 0.4) is 0 Å². The number of hydrogen-bond donors (Lipinski definition) is 0. The standard InChI is InChI=1S/C23H19N3S2/c1-15-7-6-8-19(11-15)26-16(2)12-18(17(26)3)13-20(14-24)27-23-25-21-9-4-5-10-22(21)28-23/h4-13H,1-3H3. The molecule has 138 valence electrons. The number of fused-ring (bicyclic) bond motifs is 1. The summed E-state index contributed by atoms with van der Waals surface area (Å²) in [6, 6.07) is 21.0. The van der Waals surface area contributed by atoms with Crippen LogP contribution < -0.4 is 0 Å². The Morgan fingerprint density at radius 1 is 1.11 bits per heavy atom. The molecule has 5 heteroatoms.